The first-order chi connectivity index (χ1) is 15.7. The van der Waals surface area contributed by atoms with Crippen molar-refractivity contribution in [3.8, 4) is 5.75 Å². The molecule has 2 aromatic rings. The molecule has 1 heterocycles. The summed E-state index contributed by atoms with van der Waals surface area (Å²) < 4.78 is 11.7. The Hall–Kier alpha value is -2.64. The quantitative estimate of drug-likeness (QED) is 0.213. The van der Waals surface area contributed by atoms with Crippen LogP contribution in [0.15, 0.2) is 52.5 Å². The zero-order valence-electron chi connectivity index (χ0n) is 19.4. The minimum Gasteiger partial charge on any atom is -0.507 e. The molecule has 7 heteroatoms. The summed E-state index contributed by atoms with van der Waals surface area (Å²) in [5.74, 6) is -0.402. The number of hydrogen-bond donors (Lipinski definition) is 1. The molecule has 0 saturated carbocycles. The van der Waals surface area contributed by atoms with E-state index < -0.39 is 17.7 Å². The van der Waals surface area contributed by atoms with Gasteiger partial charge in [-0.05, 0) is 60.7 Å². The molecule has 0 bridgehead atoms. The first kappa shape index (κ1) is 25.0. The average Bonchev–Trinajstić information content (AvgIpc) is 3.02. The summed E-state index contributed by atoms with van der Waals surface area (Å²) in [6.07, 6.45) is 0.578. The van der Waals surface area contributed by atoms with Gasteiger partial charge >= 0.3 is 0 Å². The second-order valence-electron chi connectivity index (χ2n) is 8.58. The van der Waals surface area contributed by atoms with E-state index in [9.17, 15) is 14.7 Å². The van der Waals surface area contributed by atoms with Gasteiger partial charge in [0.1, 0.15) is 11.5 Å². The lowest BCUT2D eigenvalue weighted by molar-refractivity contribution is -0.140. The zero-order valence-corrected chi connectivity index (χ0v) is 21.0. The number of likely N-dealkylation sites (tertiary alicyclic amines) is 1. The summed E-state index contributed by atoms with van der Waals surface area (Å²) >= 11 is 3.47. The predicted molar refractivity (Wildman–Crippen MR) is 131 cm³/mol. The van der Waals surface area contributed by atoms with Crippen molar-refractivity contribution in [1.29, 1.82) is 0 Å². The van der Waals surface area contributed by atoms with Crippen molar-refractivity contribution in [2.75, 3.05) is 26.9 Å². The molecule has 6 nitrogen and oxygen atoms in total. The fourth-order valence-electron chi connectivity index (χ4n) is 3.91. The van der Waals surface area contributed by atoms with Crippen molar-refractivity contribution < 1.29 is 24.2 Å². The Balaban J connectivity index is 2.07. The Morgan fingerprint density at radius 1 is 1.18 bits per heavy atom. The number of aliphatic hydroxyl groups excluding tert-OH is 1. The van der Waals surface area contributed by atoms with Gasteiger partial charge in [0.2, 0.25) is 0 Å². The molecule has 1 saturated heterocycles. The number of benzene rings is 2. The van der Waals surface area contributed by atoms with Gasteiger partial charge in [0.05, 0.1) is 18.2 Å². The van der Waals surface area contributed by atoms with Crippen LogP contribution in [0.4, 0.5) is 0 Å². The third-order valence-electron chi connectivity index (χ3n) is 5.49. The molecule has 176 valence electrons. The summed E-state index contributed by atoms with van der Waals surface area (Å²) in [5, 5.41) is 11.3. The summed E-state index contributed by atoms with van der Waals surface area (Å²) in [6.45, 7) is 7.38. The van der Waals surface area contributed by atoms with Crippen molar-refractivity contribution in [2.24, 2.45) is 5.92 Å². The lowest BCUT2D eigenvalue weighted by atomic mass is 9.94. The number of carbonyl (C=O) groups is 2. The molecule has 1 aliphatic heterocycles. The Kier molecular flexibility index (Phi) is 8.32. The smallest absolute Gasteiger partial charge is 0.295 e. The van der Waals surface area contributed by atoms with Crippen LogP contribution in [0.1, 0.15) is 43.0 Å². The van der Waals surface area contributed by atoms with E-state index in [4.69, 9.17) is 9.47 Å². The van der Waals surface area contributed by atoms with Crippen molar-refractivity contribution in [3.63, 3.8) is 0 Å². The maximum absolute atomic E-state index is 13.1. The number of Topliss-reactive ketones (excluding diaryl/α,β-unsaturated/α-hetero) is 1. The molecule has 1 amide bonds. The van der Waals surface area contributed by atoms with E-state index in [0.29, 0.717) is 43.4 Å². The van der Waals surface area contributed by atoms with Crippen molar-refractivity contribution in [2.45, 2.75) is 33.2 Å². The lowest BCUT2D eigenvalue weighted by Crippen LogP contribution is -2.31. The summed E-state index contributed by atoms with van der Waals surface area (Å²) in [4.78, 5) is 27.6. The maximum atomic E-state index is 13.1. The number of nitrogens with zero attached hydrogens (tertiary/aromatic N) is 1. The maximum Gasteiger partial charge on any atom is 0.295 e. The van der Waals surface area contributed by atoms with Crippen molar-refractivity contribution in [1.82, 2.24) is 4.90 Å². The fourth-order valence-corrected chi connectivity index (χ4v) is 4.33. The summed E-state index contributed by atoms with van der Waals surface area (Å²) in [5.41, 5.74) is 2.10. The van der Waals surface area contributed by atoms with E-state index in [2.05, 4.69) is 29.8 Å². The molecular weight excluding hydrogens is 486 g/mol. The number of aliphatic hydroxyl groups is 1. The second-order valence-corrected chi connectivity index (χ2v) is 9.49. The van der Waals surface area contributed by atoms with Gasteiger partial charge < -0.3 is 19.5 Å². The van der Waals surface area contributed by atoms with E-state index in [1.807, 2.05) is 37.3 Å². The third kappa shape index (κ3) is 5.65. The highest BCUT2D eigenvalue weighted by Crippen LogP contribution is 2.40. The number of aryl methyl sites for hydroxylation is 1. The normalized spacial score (nSPS) is 17.8. The number of rotatable bonds is 9. The SMILES string of the molecule is COCCCN1C(=O)C(=O)C(=C(O)c2ccc(OCC(C)C)cc2C)[C@@H]1c1cccc(Br)c1. The van der Waals surface area contributed by atoms with Crippen molar-refractivity contribution in [3.05, 3.63) is 69.2 Å². The number of ketones is 1. The van der Waals surface area contributed by atoms with E-state index in [-0.39, 0.29) is 11.3 Å². The molecule has 1 aliphatic rings. The number of methoxy groups -OCH3 is 1. The Labute approximate surface area is 203 Å². The lowest BCUT2D eigenvalue weighted by Gasteiger charge is -2.25. The minimum absolute atomic E-state index is 0.0921. The average molecular weight is 516 g/mol. The number of ether oxygens (including phenoxy) is 2. The van der Waals surface area contributed by atoms with Crippen LogP contribution in [-0.2, 0) is 14.3 Å². The molecule has 0 radical (unpaired) electrons. The molecule has 0 aromatic heterocycles. The monoisotopic (exact) mass is 515 g/mol. The van der Waals surface area contributed by atoms with Gasteiger partial charge in [-0.3, -0.25) is 9.59 Å². The fraction of sp³-hybridized carbons (Fsp3) is 0.385. The topological polar surface area (TPSA) is 76.1 Å². The Bertz CT molecular complexity index is 1060. The van der Waals surface area contributed by atoms with Gasteiger partial charge in [-0.1, -0.05) is 41.9 Å². The van der Waals surface area contributed by atoms with E-state index in [1.54, 1.807) is 19.2 Å². The molecule has 0 unspecified atom stereocenters. The zero-order chi connectivity index (χ0) is 24.1. The molecule has 1 fully saturated rings. The highest BCUT2D eigenvalue weighted by molar-refractivity contribution is 9.10. The summed E-state index contributed by atoms with van der Waals surface area (Å²) in [6, 6.07) is 12.1. The van der Waals surface area contributed by atoms with Gasteiger partial charge in [-0.25, -0.2) is 0 Å². The molecule has 1 atom stereocenters. The molecule has 0 spiro atoms. The van der Waals surface area contributed by atoms with Crippen LogP contribution in [0, 0.1) is 12.8 Å². The molecule has 3 rings (SSSR count). The number of amides is 1. The van der Waals surface area contributed by atoms with Crippen LogP contribution in [0.3, 0.4) is 0 Å². The minimum atomic E-state index is -0.686. The van der Waals surface area contributed by atoms with E-state index in [1.165, 1.54) is 4.90 Å². The van der Waals surface area contributed by atoms with Crippen LogP contribution >= 0.6 is 15.9 Å². The van der Waals surface area contributed by atoms with Gasteiger partial charge in [0.15, 0.2) is 0 Å². The van der Waals surface area contributed by atoms with E-state index in [0.717, 1.165) is 15.6 Å². The standard InChI is InChI=1S/C26H30BrNO5/c1-16(2)15-33-20-9-10-21(17(3)13-20)24(29)22-23(18-7-5-8-19(27)14-18)28(11-6-12-32-4)26(31)25(22)30/h5,7-10,13-14,16,23,29H,6,11-12,15H2,1-4H3/t23-/m0/s1. The van der Waals surface area contributed by atoms with Gasteiger partial charge in [0.25, 0.3) is 11.7 Å². The first-order valence-corrected chi connectivity index (χ1v) is 11.8. The number of hydrogen-bond acceptors (Lipinski definition) is 5. The number of halogens is 1. The first-order valence-electron chi connectivity index (χ1n) is 11.0. The van der Waals surface area contributed by atoms with E-state index >= 15 is 0 Å². The molecule has 33 heavy (non-hydrogen) atoms. The van der Waals surface area contributed by atoms with Gasteiger partial charge in [-0.15, -0.1) is 0 Å². The largest absolute Gasteiger partial charge is 0.507 e. The molecule has 0 aliphatic carbocycles. The Morgan fingerprint density at radius 3 is 2.58 bits per heavy atom. The van der Waals surface area contributed by atoms with Crippen LogP contribution in [-0.4, -0.2) is 48.6 Å². The molecule has 2 aromatic carbocycles. The highest BCUT2D eigenvalue weighted by Gasteiger charge is 2.45. The van der Waals surface area contributed by atoms with Gasteiger partial charge in [0, 0.05) is 30.3 Å². The van der Waals surface area contributed by atoms with Crippen LogP contribution in [0.5, 0.6) is 5.75 Å². The summed E-state index contributed by atoms with van der Waals surface area (Å²) in [7, 11) is 1.59. The highest BCUT2D eigenvalue weighted by atomic mass is 79.9. The third-order valence-corrected chi connectivity index (χ3v) is 5.98. The predicted octanol–water partition coefficient (Wildman–Crippen LogP) is 5.25. The number of carbonyl (C=O) groups excluding carboxylic acids is 2. The van der Waals surface area contributed by atoms with Crippen LogP contribution in [0.2, 0.25) is 0 Å². The Morgan fingerprint density at radius 2 is 1.94 bits per heavy atom. The molecule has 1 N–H and O–H groups in total. The second kappa shape index (κ2) is 11.0. The van der Waals surface area contributed by atoms with Gasteiger partial charge in [-0.2, -0.15) is 0 Å². The molecular formula is C26H30BrNO5. The van der Waals surface area contributed by atoms with Crippen LogP contribution in [0.25, 0.3) is 5.76 Å². The van der Waals surface area contributed by atoms with Crippen LogP contribution < -0.4 is 4.74 Å². The van der Waals surface area contributed by atoms with Crippen molar-refractivity contribution >= 4 is 33.4 Å².